The minimum atomic E-state index is -0.157. The third-order valence-corrected chi connectivity index (χ3v) is 7.10. The summed E-state index contributed by atoms with van der Waals surface area (Å²) < 4.78 is 2.11. The van der Waals surface area contributed by atoms with E-state index < -0.39 is 0 Å². The number of nitrogens with zero attached hydrogens (tertiary/aromatic N) is 4. The first-order valence-corrected chi connectivity index (χ1v) is 11.9. The van der Waals surface area contributed by atoms with Crippen molar-refractivity contribution in [2.75, 3.05) is 13.1 Å². The van der Waals surface area contributed by atoms with Crippen molar-refractivity contribution in [3.8, 4) is 0 Å². The number of amides is 2. The van der Waals surface area contributed by atoms with Crippen LogP contribution in [-0.4, -0.2) is 44.6 Å². The summed E-state index contributed by atoms with van der Waals surface area (Å²) in [6, 6.07) is -0.157. The van der Waals surface area contributed by atoms with Gasteiger partial charge in [-0.2, -0.15) is 0 Å². The standard InChI is InChI=1S/C22H31N5O2S/c1-14(2)12-18(23-15(3)28)21-25-24-19-8-9-26(10-11-27(19)21)22(29)20-17-7-5-4-6-16(17)13-30-20/h13-14,18H,4-12H2,1-3H3,(H,23,28). The van der Waals surface area contributed by atoms with Gasteiger partial charge in [-0.1, -0.05) is 13.8 Å². The summed E-state index contributed by atoms with van der Waals surface area (Å²) in [7, 11) is 0. The van der Waals surface area contributed by atoms with E-state index in [2.05, 4.69) is 39.3 Å². The van der Waals surface area contributed by atoms with Crippen molar-refractivity contribution in [1.82, 2.24) is 25.0 Å². The van der Waals surface area contributed by atoms with Gasteiger partial charge in [0, 0.05) is 33.0 Å². The lowest BCUT2D eigenvalue weighted by Gasteiger charge is -2.22. The fourth-order valence-corrected chi connectivity index (χ4v) is 5.72. The number of rotatable bonds is 5. The molecular weight excluding hydrogens is 398 g/mol. The summed E-state index contributed by atoms with van der Waals surface area (Å²) in [5, 5.41) is 14.0. The Labute approximate surface area is 181 Å². The van der Waals surface area contributed by atoms with Crippen LogP contribution in [0.3, 0.4) is 0 Å². The lowest BCUT2D eigenvalue weighted by Crippen LogP contribution is -2.34. The number of hydrogen-bond acceptors (Lipinski definition) is 5. The summed E-state index contributed by atoms with van der Waals surface area (Å²) in [4.78, 5) is 27.9. The number of carbonyl (C=O) groups excluding carboxylic acids is 2. The minimum Gasteiger partial charge on any atom is -0.346 e. The molecule has 0 radical (unpaired) electrons. The quantitative estimate of drug-likeness (QED) is 0.792. The summed E-state index contributed by atoms with van der Waals surface area (Å²) >= 11 is 1.61. The molecule has 3 heterocycles. The SMILES string of the molecule is CC(=O)NC(CC(C)C)c1nnc2n1CCN(C(=O)c1scc3c1CCCC3)CC2. The van der Waals surface area contributed by atoms with E-state index in [0.717, 1.165) is 35.8 Å². The van der Waals surface area contributed by atoms with Crippen LogP contribution >= 0.6 is 11.3 Å². The normalized spacial score (nSPS) is 17.3. The van der Waals surface area contributed by atoms with Crippen molar-refractivity contribution in [3.05, 3.63) is 33.0 Å². The number of hydrogen-bond donors (Lipinski definition) is 1. The molecule has 4 rings (SSSR count). The van der Waals surface area contributed by atoms with Gasteiger partial charge >= 0.3 is 0 Å². The van der Waals surface area contributed by atoms with Gasteiger partial charge in [-0.25, -0.2) is 0 Å². The van der Waals surface area contributed by atoms with Gasteiger partial charge < -0.3 is 14.8 Å². The zero-order valence-corrected chi connectivity index (χ0v) is 18.9. The Bertz CT molecular complexity index is 932. The summed E-state index contributed by atoms with van der Waals surface area (Å²) in [6.45, 7) is 7.75. The molecule has 1 N–H and O–H groups in total. The predicted octanol–water partition coefficient (Wildman–Crippen LogP) is 3.14. The van der Waals surface area contributed by atoms with E-state index in [4.69, 9.17) is 0 Å². The Hall–Kier alpha value is -2.22. The fraction of sp³-hybridized carbons (Fsp3) is 0.636. The van der Waals surface area contributed by atoms with Crippen molar-refractivity contribution in [1.29, 1.82) is 0 Å². The van der Waals surface area contributed by atoms with Gasteiger partial charge in [-0.15, -0.1) is 21.5 Å². The maximum absolute atomic E-state index is 13.3. The molecule has 7 nitrogen and oxygen atoms in total. The third-order valence-electron chi connectivity index (χ3n) is 6.04. The molecule has 0 aromatic carbocycles. The number of fused-ring (bicyclic) bond motifs is 2. The maximum Gasteiger partial charge on any atom is 0.264 e. The molecule has 2 aromatic rings. The highest BCUT2D eigenvalue weighted by Gasteiger charge is 2.29. The Morgan fingerprint density at radius 1 is 1.13 bits per heavy atom. The second-order valence-corrected chi connectivity index (χ2v) is 9.71. The molecule has 0 spiro atoms. The molecule has 1 aliphatic heterocycles. The number of aryl methyl sites for hydroxylation is 1. The highest BCUT2D eigenvalue weighted by Crippen LogP contribution is 2.31. The third kappa shape index (κ3) is 4.29. The van der Waals surface area contributed by atoms with Gasteiger partial charge in [0.15, 0.2) is 5.82 Å². The largest absolute Gasteiger partial charge is 0.346 e. The van der Waals surface area contributed by atoms with E-state index in [9.17, 15) is 9.59 Å². The first kappa shape index (κ1) is 21.0. The van der Waals surface area contributed by atoms with Crippen molar-refractivity contribution in [2.24, 2.45) is 5.92 Å². The highest BCUT2D eigenvalue weighted by molar-refractivity contribution is 7.12. The lowest BCUT2D eigenvalue weighted by atomic mass is 9.93. The van der Waals surface area contributed by atoms with E-state index in [0.29, 0.717) is 32.0 Å². The van der Waals surface area contributed by atoms with Gasteiger partial charge in [0.1, 0.15) is 5.82 Å². The smallest absolute Gasteiger partial charge is 0.264 e. The summed E-state index contributed by atoms with van der Waals surface area (Å²) in [5.41, 5.74) is 2.65. The van der Waals surface area contributed by atoms with E-state index in [1.165, 1.54) is 30.9 Å². The molecule has 0 saturated heterocycles. The number of aromatic nitrogens is 3. The van der Waals surface area contributed by atoms with Gasteiger partial charge in [0.25, 0.3) is 5.91 Å². The molecule has 0 saturated carbocycles. The van der Waals surface area contributed by atoms with E-state index in [1.54, 1.807) is 11.3 Å². The van der Waals surface area contributed by atoms with Crippen molar-refractivity contribution < 1.29 is 9.59 Å². The molecule has 1 aliphatic carbocycles. The zero-order chi connectivity index (χ0) is 21.3. The lowest BCUT2D eigenvalue weighted by molar-refractivity contribution is -0.119. The molecule has 30 heavy (non-hydrogen) atoms. The first-order chi connectivity index (χ1) is 14.4. The Balaban J connectivity index is 1.52. The van der Waals surface area contributed by atoms with Crippen molar-refractivity contribution in [3.63, 3.8) is 0 Å². The summed E-state index contributed by atoms with van der Waals surface area (Å²) in [5.74, 6) is 2.21. The number of carbonyl (C=O) groups is 2. The number of nitrogens with one attached hydrogen (secondary N) is 1. The van der Waals surface area contributed by atoms with Crippen molar-refractivity contribution in [2.45, 2.75) is 71.9 Å². The van der Waals surface area contributed by atoms with Crippen molar-refractivity contribution >= 4 is 23.2 Å². The second kappa shape index (κ2) is 8.88. The molecule has 2 aromatic heterocycles. The molecular formula is C22H31N5O2S. The molecule has 1 unspecified atom stereocenters. The fourth-order valence-electron chi connectivity index (χ4n) is 4.59. The van der Waals surface area contributed by atoms with Gasteiger partial charge in [-0.3, -0.25) is 9.59 Å². The van der Waals surface area contributed by atoms with Gasteiger partial charge in [-0.05, 0) is 54.5 Å². The monoisotopic (exact) mass is 429 g/mol. The molecule has 2 amide bonds. The minimum absolute atomic E-state index is 0.0640. The molecule has 1 atom stereocenters. The van der Waals surface area contributed by atoms with Crippen LogP contribution in [0.25, 0.3) is 0 Å². The second-order valence-electron chi connectivity index (χ2n) is 8.83. The first-order valence-electron chi connectivity index (χ1n) is 11.0. The van der Waals surface area contributed by atoms with Crippen LogP contribution in [0.2, 0.25) is 0 Å². The Morgan fingerprint density at radius 3 is 2.70 bits per heavy atom. The van der Waals surface area contributed by atoms with Crippen LogP contribution in [0.5, 0.6) is 0 Å². The molecule has 8 heteroatoms. The van der Waals surface area contributed by atoms with Crippen LogP contribution in [0.15, 0.2) is 5.38 Å². The topological polar surface area (TPSA) is 80.1 Å². The maximum atomic E-state index is 13.3. The Kier molecular flexibility index (Phi) is 6.22. The van der Waals surface area contributed by atoms with Crippen LogP contribution in [0.1, 0.15) is 78.5 Å². The van der Waals surface area contributed by atoms with E-state index in [1.807, 2.05) is 4.90 Å². The molecule has 0 fully saturated rings. The number of thiophene rings is 1. The average Bonchev–Trinajstić information content (AvgIpc) is 3.25. The van der Waals surface area contributed by atoms with E-state index in [-0.39, 0.29) is 17.9 Å². The molecule has 162 valence electrons. The van der Waals surface area contributed by atoms with Crippen LogP contribution < -0.4 is 5.32 Å². The van der Waals surface area contributed by atoms with Gasteiger partial charge in [0.05, 0.1) is 10.9 Å². The average molecular weight is 430 g/mol. The summed E-state index contributed by atoms with van der Waals surface area (Å²) in [6.07, 6.45) is 6.02. The van der Waals surface area contributed by atoms with Crippen LogP contribution in [-0.2, 0) is 30.6 Å². The molecule has 2 aliphatic rings. The highest BCUT2D eigenvalue weighted by atomic mass is 32.1. The van der Waals surface area contributed by atoms with Gasteiger partial charge in [0.2, 0.25) is 5.91 Å². The Morgan fingerprint density at radius 2 is 1.93 bits per heavy atom. The van der Waals surface area contributed by atoms with Crippen LogP contribution in [0.4, 0.5) is 0 Å². The predicted molar refractivity (Wildman–Crippen MR) is 117 cm³/mol. The van der Waals surface area contributed by atoms with Crippen LogP contribution in [0, 0.1) is 5.92 Å². The molecule has 0 bridgehead atoms. The zero-order valence-electron chi connectivity index (χ0n) is 18.1. The van der Waals surface area contributed by atoms with E-state index >= 15 is 0 Å².